The zero-order valence-corrected chi connectivity index (χ0v) is 13.2. The largest absolute Gasteiger partial charge is 0.350 e. The molecule has 23 heavy (non-hydrogen) atoms. The zero-order valence-electron chi connectivity index (χ0n) is 12.4. The van der Waals surface area contributed by atoms with Crippen molar-refractivity contribution in [2.75, 3.05) is 11.9 Å². The second-order valence-electron chi connectivity index (χ2n) is 4.97. The molecule has 0 fully saturated rings. The number of thiazole rings is 1. The predicted molar refractivity (Wildman–Crippen MR) is 88.5 cm³/mol. The minimum atomic E-state index is -0.305. The average molecular weight is 329 g/mol. The summed E-state index contributed by atoms with van der Waals surface area (Å²) in [6, 6.07) is 7.39. The summed E-state index contributed by atoms with van der Waals surface area (Å²) in [6.45, 7) is 2.09. The van der Waals surface area contributed by atoms with E-state index in [1.165, 1.54) is 11.3 Å². The van der Waals surface area contributed by atoms with Gasteiger partial charge < -0.3 is 10.6 Å². The molecule has 0 atom stereocenters. The van der Waals surface area contributed by atoms with Gasteiger partial charge in [-0.25, -0.2) is 4.98 Å². The topological polar surface area (TPSA) is 99.8 Å². The van der Waals surface area contributed by atoms with Gasteiger partial charge in [-0.3, -0.25) is 14.7 Å². The predicted octanol–water partition coefficient (Wildman–Crippen LogP) is 2.09. The van der Waals surface area contributed by atoms with E-state index in [1.807, 2.05) is 36.6 Å². The van der Waals surface area contributed by atoms with E-state index in [-0.39, 0.29) is 24.8 Å². The highest BCUT2D eigenvalue weighted by molar-refractivity contribution is 7.13. The fraction of sp³-hybridized carbons (Fsp3) is 0.200. The van der Waals surface area contributed by atoms with Gasteiger partial charge in [0.2, 0.25) is 5.91 Å². The van der Waals surface area contributed by atoms with E-state index >= 15 is 0 Å². The number of hydrogen-bond acceptors (Lipinski definition) is 5. The number of anilines is 1. The van der Waals surface area contributed by atoms with Crippen LogP contribution in [0.3, 0.4) is 0 Å². The van der Waals surface area contributed by atoms with Crippen LogP contribution in [0.25, 0.3) is 10.9 Å². The van der Waals surface area contributed by atoms with Gasteiger partial charge in [-0.1, -0.05) is 18.2 Å². The first-order chi connectivity index (χ1) is 11.1. The van der Waals surface area contributed by atoms with Crippen LogP contribution in [-0.4, -0.2) is 33.5 Å². The van der Waals surface area contributed by atoms with Crippen molar-refractivity contribution in [3.8, 4) is 0 Å². The third-order valence-corrected chi connectivity index (χ3v) is 4.06. The minimum Gasteiger partial charge on any atom is -0.350 e. The van der Waals surface area contributed by atoms with E-state index in [0.717, 1.165) is 16.6 Å². The lowest BCUT2D eigenvalue weighted by Crippen LogP contribution is -2.28. The number of H-pyrrole nitrogens is 1. The summed E-state index contributed by atoms with van der Waals surface area (Å²) in [7, 11) is 0. The molecule has 0 aliphatic heterocycles. The number of carbonyl (C=O) groups is 2. The van der Waals surface area contributed by atoms with Crippen LogP contribution in [0.4, 0.5) is 5.13 Å². The standard InChI is InChI=1S/C15H15N5O2S/c1-9-8-23-15(17-9)18-12(21)6-7-16-14(22)13-10-4-2-3-5-11(10)19-20-13/h2-5,8H,6-7H2,1H3,(H,16,22)(H,19,20)(H,17,18,21). The summed E-state index contributed by atoms with van der Waals surface area (Å²) in [5.41, 5.74) is 2.00. The van der Waals surface area contributed by atoms with Gasteiger partial charge in [-0.15, -0.1) is 11.3 Å². The van der Waals surface area contributed by atoms with E-state index in [4.69, 9.17) is 0 Å². The lowest BCUT2D eigenvalue weighted by molar-refractivity contribution is -0.116. The number of benzene rings is 1. The Morgan fingerprint density at radius 1 is 1.30 bits per heavy atom. The molecule has 0 bridgehead atoms. The quantitative estimate of drug-likeness (QED) is 0.667. The van der Waals surface area contributed by atoms with Crippen LogP contribution in [0.2, 0.25) is 0 Å². The maximum Gasteiger partial charge on any atom is 0.272 e. The van der Waals surface area contributed by atoms with Gasteiger partial charge in [-0.05, 0) is 13.0 Å². The highest BCUT2D eigenvalue weighted by Crippen LogP contribution is 2.15. The molecule has 0 saturated carbocycles. The van der Waals surface area contributed by atoms with Crippen LogP contribution < -0.4 is 10.6 Å². The molecule has 0 unspecified atom stereocenters. The first-order valence-corrected chi connectivity index (χ1v) is 7.95. The molecule has 3 aromatic rings. The van der Waals surface area contributed by atoms with Crippen LogP contribution in [0, 0.1) is 6.92 Å². The molecular formula is C15H15N5O2S. The first kappa shape index (κ1) is 15.2. The Balaban J connectivity index is 1.52. The van der Waals surface area contributed by atoms with Gasteiger partial charge in [-0.2, -0.15) is 5.10 Å². The Morgan fingerprint density at radius 3 is 2.91 bits per heavy atom. The number of aromatic nitrogens is 3. The summed E-state index contributed by atoms with van der Waals surface area (Å²) in [5.74, 6) is -0.494. The second kappa shape index (κ2) is 6.57. The molecule has 2 amide bonds. The Kier molecular flexibility index (Phi) is 4.33. The Hall–Kier alpha value is -2.74. The van der Waals surface area contributed by atoms with Gasteiger partial charge in [0.1, 0.15) is 0 Å². The summed E-state index contributed by atoms with van der Waals surface area (Å²) in [5, 5.41) is 15.4. The molecule has 3 rings (SSSR count). The number of nitrogens with one attached hydrogen (secondary N) is 3. The maximum atomic E-state index is 12.1. The normalized spacial score (nSPS) is 10.7. The van der Waals surface area contributed by atoms with Gasteiger partial charge in [0, 0.05) is 23.7 Å². The Labute approximate surface area is 136 Å². The molecule has 0 aliphatic carbocycles. The van der Waals surface area contributed by atoms with Crippen LogP contribution in [-0.2, 0) is 4.79 Å². The fourth-order valence-corrected chi connectivity index (χ4v) is 2.81. The maximum absolute atomic E-state index is 12.1. The summed E-state index contributed by atoms with van der Waals surface area (Å²) in [4.78, 5) is 28.1. The highest BCUT2D eigenvalue weighted by Gasteiger charge is 2.13. The average Bonchev–Trinajstić information content (AvgIpc) is 3.13. The van der Waals surface area contributed by atoms with Crippen molar-refractivity contribution in [2.45, 2.75) is 13.3 Å². The van der Waals surface area contributed by atoms with E-state index in [0.29, 0.717) is 10.8 Å². The van der Waals surface area contributed by atoms with Crippen molar-refractivity contribution in [1.82, 2.24) is 20.5 Å². The smallest absolute Gasteiger partial charge is 0.272 e. The molecule has 2 aromatic heterocycles. The summed E-state index contributed by atoms with van der Waals surface area (Å²) < 4.78 is 0. The number of aromatic amines is 1. The Bertz CT molecular complexity index is 854. The number of rotatable bonds is 5. The van der Waals surface area contributed by atoms with E-state index in [2.05, 4.69) is 25.8 Å². The molecule has 1 aromatic carbocycles. The SMILES string of the molecule is Cc1csc(NC(=O)CCNC(=O)c2n[nH]c3ccccc23)n1. The van der Waals surface area contributed by atoms with Crippen LogP contribution in [0.1, 0.15) is 22.6 Å². The van der Waals surface area contributed by atoms with Gasteiger partial charge in [0.15, 0.2) is 10.8 Å². The number of fused-ring (bicyclic) bond motifs is 1. The highest BCUT2D eigenvalue weighted by atomic mass is 32.1. The van der Waals surface area contributed by atoms with Crippen molar-refractivity contribution in [3.05, 3.63) is 41.0 Å². The third-order valence-electron chi connectivity index (χ3n) is 3.19. The first-order valence-electron chi connectivity index (χ1n) is 7.07. The van der Waals surface area contributed by atoms with Gasteiger partial charge >= 0.3 is 0 Å². The fourth-order valence-electron chi connectivity index (χ4n) is 2.10. The van der Waals surface area contributed by atoms with E-state index in [9.17, 15) is 9.59 Å². The van der Waals surface area contributed by atoms with Crippen molar-refractivity contribution in [3.63, 3.8) is 0 Å². The van der Waals surface area contributed by atoms with E-state index in [1.54, 1.807) is 0 Å². The molecule has 0 radical (unpaired) electrons. The lowest BCUT2D eigenvalue weighted by atomic mass is 10.2. The summed E-state index contributed by atoms with van der Waals surface area (Å²) in [6.07, 6.45) is 0.173. The number of para-hydroxylation sites is 1. The van der Waals surface area contributed by atoms with Crippen molar-refractivity contribution in [2.24, 2.45) is 0 Å². The number of aryl methyl sites for hydroxylation is 1. The number of amides is 2. The number of nitrogens with zero attached hydrogens (tertiary/aromatic N) is 2. The van der Waals surface area contributed by atoms with Crippen LogP contribution >= 0.6 is 11.3 Å². The lowest BCUT2D eigenvalue weighted by Gasteiger charge is -2.04. The molecule has 2 heterocycles. The number of carbonyl (C=O) groups excluding carboxylic acids is 2. The van der Waals surface area contributed by atoms with Gasteiger partial charge in [0.25, 0.3) is 5.91 Å². The molecule has 8 heteroatoms. The van der Waals surface area contributed by atoms with E-state index < -0.39 is 0 Å². The van der Waals surface area contributed by atoms with Crippen molar-refractivity contribution < 1.29 is 9.59 Å². The molecule has 0 aliphatic rings. The van der Waals surface area contributed by atoms with Crippen molar-refractivity contribution in [1.29, 1.82) is 0 Å². The minimum absolute atomic E-state index is 0.173. The monoisotopic (exact) mass is 329 g/mol. The van der Waals surface area contributed by atoms with Crippen LogP contribution in [0.5, 0.6) is 0 Å². The molecule has 0 spiro atoms. The van der Waals surface area contributed by atoms with Crippen LogP contribution in [0.15, 0.2) is 29.6 Å². The molecule has 118 valence electrons. The molecule has 3 N–H and O–H groups in total. The molecular weight excluding hydrogens is 314 g/mol. The summed E-state index contributed by atoms with van der Waals surface area (Å²) >= 11 is 1.37. The Morgan fingerprint density at radius 2 is 2.13 bits per heavy atom. The van der Waals surface area contributed by atoms with Gasteiger partial charge in [0.05, 0.1) is 11.2 Å². The second-order valence-corrected chi connectivity index (χ2v) is 5.82. The number of hydrogen-bond donors (Lipinski definition) is 3. The molecule has 0 saturated heterocycles. The third kappa shape index (κ3) is 3.54. The van der Waals surface area contributed by atoms with Crippen molar-refractivity contribution >= 4 is 39.2 Å². The molecule has 7 nitrogen and oxygen atoms in total. The zero-order chi connectivity index (χ0) is 16.2.